The lowest BCUT2D eigenvalue weighted by atomic mass is 10.2. The molecule has 88 valence electrons. The quantitative estimate of drug-likeness (QED) is 0.805. The summed E-state index contributed by atoms with van der Waals surface area (Å²) in [5.74, 6) is 0.224. The van der Waals surface area contributed by atoms with Gasteiger partial charge in [0.05, 0.1) is 17.8 Å². The number of hydrogen-bond donors (Lipinski definition) is 0. The van der Waals surface area contributed by atoms with Crippen molar-refractivity contribution in [2.75, 3.05) is 7.11 Å². The molecular formula is C10H7Cl2N3O2. The molecule has 2 aromatic rings. The summed E-state index contributed by atoms with van der Waals surface area (Å²) < 4.78 is 4.91. The largest absolute Gasteiger partial charge is 0.478 e. The van der Waals surface area contributed by atoms with Gasteiger partial charge in [-0.1, -0.05) is 23.2 Å². The lowest BCUT2D eigenvalue weighted by Crippen LogP contribution is -1.99. The van der Waals surface area contributed by atoms with Crippen LogP contribution in [0.25, 0.3) is 5.69 Å². The molecule has 0 fully saturated rings. The van der Waals surface area contributed by atoms with Crippen molar-refractivity contribution in [1.82, 2.24) is 15.0 Å². The smallest absolute Gasteiger partial charge is 0.273 e. The van der Waals surface area contributed by atoms with Crippen LogP contribution in [0, 0.1) is 0 Å². The van der Waals surface area contributed by atoms with Crippen molar-refractivity contribution < 1.29 is 9.53 Å². The predicted octanol–water partition coefficient (Wildman–Crippen LogP) is 2.40. The molecule has 0 N–H and O–H groups in total. The van der Waals surface area contributed by atoms with Gasteiger partial charge in [0.2, 0.25) is 5.15 Å². The van der Waals surface area contributed by atoms with E-state index in [-0.39, 0.29) is 11.0 Å². The van der Waals surface area contributed by atoms with E-state index in [4.69, 9.17) is 27.9 Å². The Balaban J connectivity index is 2.45. The molecule has 0 saturated heterocycles. The number of hydrogen-bond acceptors (Lipinski definition) is 4. The first-order valence-electron chi connectivity index (χ1n) is 4.57. The Morgan fingerprint density at radius 3 is 2.65 bits per heavy atom. The third-order valence-corrected chi connectivity index (χ3v) is 2.64. The second-order valence-electron chi connectivity index (χ2n) is 3.11. The standard InChI is InChI=1S/C10H7Cl2N3O2/c1-17-10-9(12)13-15(14-10)7-3-2-6(5-16)8(11)4-7/h2-5H,1H3. The summed E-state index contributed by atoms with van der Waals surface area (Å²) in [4.78, 5) is 11.9. The number of methoxy groups -OCH3 is 1. The Morgan fingerprint density at radius 2 is 2.12 bits per heavy atom. The van der Waals surface area contributed by atoms with Crippen molar-refractivity contribution in [1.29, 1.82) is 0 Å². The summed E-state index contributed by atoms with van der Waals surface area (Å²) in [5.41, 5.74) is 0.992. The summed E-state index contributed by atoms with van der Waals surface area (Å²) in [6, 6.07) is 4.81. The molecule has 7 heteroatoms. The highest BCUT2D eigenvalue weighted by Gasteiger charge is 2.11. The molecule has 0 amide bonds. The van der Waals surface area contributed by atoms with Gasteiger partial charge in [-0.3, -0.25) is 4.79 Å². The first-order valence-corrected chi connectivity index (χ1v) is 5.33. The van der Waals surface area contributed by atoms with E-state index >= 15 is 0 Å². The van der Waals surface area contributed by atoms with Gasteiger partial charge in [0, 0.05) is 5.56 Å². The number of rotatable bonds is 3. The molecule has 17 heavy (non-hydrogen) atoms. The van der Waals surface area contributed by atoms with Crippen LogP contribution in [-0.4, -0.2) is 28.4 Å². The molecule has 0 bridgehead atoms. The van der Waals surface area contributed by atoms with Crippen molar-refractivity contribution in [2.45, 2.75) is 0 Å². The molecule has 1 heterocycles. The van der Waals surface area contributed by atoms with Crippen LogP contribution in [-0.2, 0) is 0 Å². The van der Waals surface area contributed by atoms with Gasteiger partial charge in [0.15, 0.2) is 6.29 Å². The molecule has 5 nitrogen and oxygen atoms in total. The molecule has 0 aliphatic heterocycles. The van der Waals surface area contributed by atoms with Crippen LogP contribution in [0.5, 0.6) is 5.88 Å². The van der Waals surface area contributed by atoms with E-state index in [1.165, 1.54) is 11.9 Å². The lowest BCUT2D eigenvalue weighted by Gasteiger charge is -2.01. The van der Waals surface area contributed by atoms with Gasteiger partial charge in [0.25, 0.3) is 5.88 Å². The van der Waals surface area contributed by atoms with Crippen LogP contribution in [0.15, 0.2) is 18.2 Å². The molecule has 0 aliphatic carbocycles. The number of benzene rings is 1. The Kier molecular flexibility index (Phi) is 3.31. The minimum atomic E-state index is 0.156. The molecular weight excluding hydrogens is 265 g/mol. The van der Waals surface area contributed by atoms with Crippen molar-refractivity contribution in [2.24, 2.45) is 0 Å². The van der Waals surface area contributed by atoms with Crippen LogP contribution in [0.1, 0.15) is 10.4 Å². The summed E-state index contributed by atoms with van der Waals surface area (Å²) in [7, 11) is 1.45. The highest BCUT2D eigenvalue weighted by atomic mass is 35.5. The van der Waals surface area contributed by atoms with Crippen molar-refractivity contribution in [3.05, 3.63) is 33.9 Å². The number of carbonyl (C=O) groups is 1. The lowest BCUT2D eigenvalue weighted by molar-refractivity contribution is 0.112. The Bertz CT molecular complexity index is 569. The van der Waals surface area contributed by atoms with Gasteiger partial charge in [-0.05, 0) is 18.2 Å². The molecule has 0 unspecified atom stereocenters. The van der Waals surface area contributed by atoms with Crippen molar-refractivity contribution in [3.8, 4) is 11.6 Å². The maximum Gasteiger partial charge on any atom is 0.273 e. The second-order valence-corrected chi connectivity index (χ2v) is 3.88. The molecule has 0 spiro atoms. The number of aromatic nitrogens is 3. The zero-order valence-electron chi connectivity index (χ0n) is 8.72. The van der Waals surface area contributed by atoms with Gasteiger partial charge in [-0.2, -0.15) is 0 Å². The Labute approximate surface area is 107 Å². The summed E-state index contributed by atoms with van der Waals surface area (Å²) in [6.45, 7) is 0. The van der Waals surface area contributed by atoms with E-state index < -0.39 is 0 Å². The van der Waals surface area contributed by atoms with E-state index in [1.54, 1.807) is 18.2 Å². The van der Waals surface area contributed by atoms with Gasteiger partial charge in [-0.25, -0.2) is 0 Å². The minimum absolute atomic E-state index is 0.156. The van der Waals surface area contributed by atoms with Crippen LogP contribution in [0.2, 0.25) is 10.2 Å². The zero-order valence-corrected chi connectivity index (χ0v) is 10.2. The maximum absolute atomic E-state index is 10.6. The Hall–Kier alpha value is -1.59. The summed E-state index contributed by atoms with van der Waals surface area (Å²) in [6.07, 6.45) is 0.677. The molecule has 0 aliphatic rings. The first kappa shape index (κ1) is 11.9. The fourth-order valence-electron chi connectivity index (χ4n) is 1.25. The monoisotopic (exact) mass is 271 g/mol. The van der Waals surface area contributed by atoms with E-state index in [1.807, 2.05) is 0 Å². The van der Waals surface area contributed by atoms with Crippen LogP contribution in [0.3, 0.4) is 0 Å². The molecule has 1 aromatic carbocycles. The topological polar surface area (TPSA) is 57.0 Å². The average Bonchev–Trinajstić information content (AvgIpc) is 2.70. The van der Waals surface area contributed by atoms with Gasteiger partial charge in [-0.15, -0.1) is 15.0 Å². The molecule has 2 rings (SSSR count). The first-order chi connectivity index (χ1) is 8.15. The predicted molar refractivity (Wildman–Crippen MR) is 63.3 cm³/mol. The molecule has 0 atom stereocenters. The number of carbonyl (C=O) groups excluding carboxylic acids is 1. The third-order valence-electron chi connectivity index (χ3n) is 2.08. The van der Waals surface area contributed by atoms with E-state index in [2.05, 4.69) is 10.2 Å². The van der Waals surface area contributed by atoms with Crippen molar-refractivity contribution >= 4 is 29.5 Å². The van der Waals surface area contributed by atoms with Crippen LogP contribution in [0.4, 0.5) is 0 Å². The van der Waals surface area contributed by atoms with Crippen molar-refractivity contribution in [3.63, 3.8) is 0 Å². The molecule has 1 aromatic heterocycles. The highest BCUT2D eigenvalue weighted by Crippen LogP contribution is 2.22. The maximum atomic E-state index is 10.6. The molecule has 0 radical (unpaired) electrons. The van der Waals surface area contributed by atoms with E-state index in [0.29, 0.717) is 22.6 Å². The normalized spacial score (nSPS) is 10.3. The summed E-state index contributed by atoms with van der Waals surface area (Å²) >= 11 is 11.7. The molecule has 0 saturated carbocycles. The van der Waals surface area contributed by atoms with Crippen LogP contribution >= 0.6 is 23.2 Å². The van der Waals surface area contributed by atoms with Gasteiger partial charge in [0.1, 0.15) is 0 Å². The van der Waals surface area contributed by atoms with Gasteiger partial charge >= 0.3 is 0 Å². The second kappa shape index (κ2) is 4.73. The van der Waals surface area contributed by atoms with Crippen LogP contribution < -0.4 is 4.74 Å². The summed E-state index contributed by atoms with van der Waals surface area (Å²) in [5, 5.41) is 8.43. The average molecular weight is 272 g/mol. The van der Waals surface area contributed by atoms with E-state index in [0.717, 1.165) is 0 Å². The third kappa shape index (κ3) is 2.25. The number of halogens is 2. The minimum Gasteiger partial charge on any atom is -0.478 e. The number of ether oxygens (including phenoxy) is 1. The number of aldehydes is 1. The van der Waals surface area contributed by atoms with Gasteiger partial charge < -0.3 is 4.74 Å². The fourth-order valence-corrected chi connectivity index (χ4v) is 1.66. The Morgan fingerprint density at radius 1 is 1.35 bits per heavy atom. The fraction of sp³-hybridized carbons (Fsp3) is 0.100. The van der Waals surface area contributed by atoms with E-state index in [9.17, 15) is 4.79 Å². The zero-order chi connectivity index (χ0) is 12.4. The SMILES string of the molecule is COc1nn(-c2ccc(C=O)c(Cl)c2)nc1Cl. The number of nitrogens with zero attached hydrogens (tertiary/aromatic N) is 3. The highest BCUT2D eigenvalue weighted by molar-refractivity contribution is 6.33.